The van der Waals surface area contributed by atoms with Crippen molar-refractivity contribution in [3.8, 4) is 5.75 Å². The number of nitrogens with one attached hydrogen (secondary N) is 2. The molecule has 3 rings (SSSR count). The number of carbonyl (C=O) groups is 3. The van der Waals surface area contributed by atoms with Crippen molar-refractivity contribution in [1.82, 2.24) is 20.5 Å². The van der Waals surface area contributed by atoms with Gasteiger partial charge in [0.25, 0.3) is 5.91 Å². The van der Waals surface area contributed by atoms with E-state index in [0.29, 0.717) is 43.2 Å². The van der Waals surface area contributed by atoms with Gasteiger partial charge < -0.3 is 25.2 Å². The number of carbonyl (C=O) groups excluding carboxylic acids is 3. The largest absolute Gasteiger partial charge is 0.491 e. The normalized spacial score (nSPS) is 14.2. The molecular formula is C29H41N5O4. The van der Waals surface area contributed by atoms with Crippen LogP contribution in [0.2, 0.25) is 0 Å². The lowest BCUT2D eigenvalue weighted by atomic mass is 10.1. The molecule has 2 bridgehead atoms. The maximum atomic E-state index is 13.6. The summed E-state index contributed by atoms with van der Waals surface area (Å²) in [4.78, 5) is 46.8. The zero-order valence-electron chi connectivity index (χ0n) is 22.7. The number of unbranched alkanes of at least 4 members (excludes halogenated alkanes) is 2. The first kappa shape index (κ1) is 28.9. The van der Waals surface area contributed by atoms with Crippen LogP contribution in [0, 0.1) is 0 Å². The molecule has 1 aromatic carbocycles. The standard InChI is InChI=1S/C29H41N5O4/c1-3-5-14-31-27(35)21-33-16-10-7-11-17-38-26-13-9-8-12-25(26)34(22-28(36)32-15-6-4-2)24-18-23(29(33)37)19-30-20-24/h8-9,12-13,18-20H,3-7,10-11,14-17,21-22H2,1-2H3,(H,31,35)(H,32,36). The molecule has 1 aliphatic heterocycles. The monoisotopic (exact) mass is 523 g/mol. The van der Waals surface area contributed by atoms with Crippen LogP contribution in [0.15, 0.2) is 42.7 Å². The maximum Gasteiger partial charge on any atom is 0.255 e. The van der Waals surface area contributed by atoms with Crippen molar-refractivity contribution in [3.05, 3.63) is 48.3 Å². The van der Waals surface area contributed by atoms with E-state index in [4.69, 9.17) is 4.74 Å². The number of nitrogens with zero attached hydrogens (tertiary/aromatic N) is 3. The Bertz CT molecular complexity index is 1060. The number of benzene rings is 1. The molecule has 0 unspecified atom stereocenters. The molecule has 0 atom stereocenters. The van der Waals surface area contributed by atoms with Gasteiger partial charge in [0.1, 0.15) is 12.3 Å². The first-order chi connectivity index (χ1) is 18.5. The lowest BCUT2D eigenvalue weighted by molar-refractivity contribution is -0.122. The molecule has 0 fully saturated rings. The van der Waals surface area contributed by atoms with Gasteiger partial charge in [-0.05, 0) is 50.3 Å². The van der Waals surface area contributed by atoms with E-state index in [0.717, 1.165) is 50.6 Å². The summed E-state index contributed by atoms with van der Waals surface area (Å²) in [6.45, 7) is 6.36. The summed E-state index contributed by atoms with van der Waals surface area (Å²) in [5, 5.41) is 5.87. The van der Waals surface area contributed by atoms with Gasteiger partial charge in [-0.25, -0.2) is 0 Å². The van der Waals surface area contributed by atoms with Gasteiger partial charge in [-0.15, -0.1) is 0 Å². The van der Waals surface area contributed by atoms with E-state index in [9.17, 15) is 14.4 Å². The highest BCUT2D eigenvalue weighted by molar-refractivity contribution is 5.97. The van der Waals surface area contributed by atoms with Crippen LogP contribution in [0.1, 0.15) is 69.2 Å². The van der Waals surface area contributed by atoms with Crippen LogP contribution in [-0.4, -0.2) is 66.9 Å². The zero-order valence-corrected chi connectivity index (χ0v) is 22.7. The smallest absolute Gasteiger partial charge is 0.255 e. The number of amides is 3. The SMILES string of the molecule is CCCCNC(=O)CN1CCCCCOc2ccccc2N(CC(=O)NCCCC)c2cncc(c2)C1=O. The summed E-state index contributed by atoms with van der Waals surface area (Å²) in [6, 6.07) is 9.34. The topological polar surface area (TPSA) is 104 Å². The first-order valence-corrected chi connectivity index (χ1v) is 13.8. The molecule has 0 saturated carbocycles. The van der Waals surface area contributed by atoms with E-state index in [1.165, 1.54) is 6.20 Å². The minimum absolute atomic E-state index is 0.00431. The Labute approximate surface area is 225 Å². The summed E-state index contributed by atoms with van der Waals surface area (Å²) in [5.74, 6) is 0.128. The molecule has 0 radical (unpaired) electrons. The molecule has 9 nitrogen and oxygen atoms in total. The average Bonchev–Trinajstić information content (AvgIpc) is 2.93. The summed E-state index contributed by atoms with van der Waals surface area (Å²) in [5.41, 5.74) is 1.70. The van der Waals surface area contributed by atoms with Crippen LogP contribution < -0.4 is 20.3 Å². The third-order valence-corrected chi connectivity index (χ3v) is 6.40. The van der Waals surface area contributed by atoms with Gasteiger partial charge >= 0.3 is 0 Å². The van der Waals surface area contributed by atoms with E-state index in [2.05, 4.69) is 29.5 Å². The predicted octanol–water partition coefficient (Wildman–Crippen LogP) is 4.06. The fourth-order valence-electron chi connectivity index (χ4n) is 4.25. The molecule has 2 N–H and O–H groups in total. The molecule has 0 aliphatic carbocycles. The molecule has 38 heavy (non-hydrogen) atoms. The van der Waals surface area contributed by atoms with E-state index < -0.39 is 0 Å². The van der Waals surface area contributed by atoms with Gasteiger partial charge in [0.05, 0.1) is 36.3 Å². The third kappa shape index (κ3) is 8.75. The highest BCUT2D eigenvalue weighted by Gasteiger charge is 2.23. The Morgan fingerprint density at radius 1 is 0.947 bits per heavy atom. The second kappa shape index (κ2) is 15.6. The third-order valence-electron chi connectivity index (χ3n) is 6.40. The zero-order chi connectivity index (χ0) is 27.2. The average molecular weight is 524 g/mol. The van der Waals surface area contributed by atoms with Gasteiger partial charge in [0.15, 0.2) is 0 Å². The fourth-order valence-corrected chi connectivity index (χ4v) is 4.25. The summed E-state index contributed by atoms with van der Waals surface area (Å²) < 4.78 is 6.14. The second-order valence-electron chi connectivity index (χ2n) is 9.53. The van der Waals surface area contributed by atoms with Crippen LogP contribution in [0.4, 0.5) is 11.4 Å². The molecule has 206 valence electrons. The maximum absolute atomic E-state index is 13.6. The van der Waals surface area contributed by atoms with Gasteiger partial charge in [0, 0.05) is 25.8 Å². The van der Waals surface area contributed by atoms with Crippen molar-refractivity contribution in [2.45, 2.75) is 58.8 Å². The molecule has 1 aliphatic rings. The number of anilines is 2. The Morgan fingerprint density at radius 3 is 2.39 bits per heavy atom. The number of rotatable bonds is 10. The molecular weight excluding hydrogens is 482 g/mol. The summed E-state index contributed by atoms with van der Waals surface area (Å²) in [6.07, 6.45) is 9.35. The number of hydrogen-bond acceptors (Lipinski definition) is 6. The van der Waals surface area contributed by atoms with Crippen molar-refractivity contribution in [3.63, 3.8) is 0 Å². The Morgan fingerprint density at radius 2 is 1.66 bits per heavy atom. The number of aromatic nitrogens is 1. The molecule has 2 heterocycles. The van der Waals surface area contributed by atoms with Crippen LogP contribution in [0.5, 0.6) is 5.75 Å². The predicted molar refractivity (Wildman–Crippen MR) is 149 cm³/mol. The highest BCUT2D eigenvalue weighted by atomic mass is 16.5. The van der Waals surface area contributed by atoms with E-state index in [-0.39, 0.29) is 30.8 Å². The Hall–Kier alpha value is -3.62. The van der Waals surface area contributed by atoms with Crippen LogP contribution in [-0.2, 0) is 9.59 Å². The number of ether oxygens (including phenoxy) is 1. The number of para-hydroxylation sites is 2. The lowest BCUT2D eigenvalue weighted by Gasteiger charge is -2.28. The second-order valence-corrected chi connectivity index (χ2v) is 9.53. The number of fused-ring (bicyclic) bond motifs is 3. The van der Waals surface area contributed by atoms with E-state index in [1.54, 1.807) is 17.2 Å². The fraction of sp³-hybridized carbons (Fsp3) is 0.517. The van der Waals surface area contributed by atoms with Gasteiger partial charge in [-0.3, -0.25) is 19.4 Å². The minimum atomic E-state index is -0.251. The molecule has 3 amide bonds. The Balaban J connectivity index is 1.93. The van der Waals surface area contributed by atoms with Gasteiger partial charge in [0.2, 0.25) is 11.8 Å². The molecule has 1 aromatic heterocycles. The van der Waals surface area contributed by atoms with Crippen molar-refractivity contribution < 1.29 is 19.1 Å². The molecule has 0 spiro atoms. The Kier molecular flexibility index (Phi) is 11.9. The van der Waals surface area contributed by atoms with E-state index in [1.807, 2.05) is 29.2 Å². The highest BCUT2D eigenvalue weighted by Crippen LogP contribution is 2.34. The van der Waals surface area contributed by atoms with Crippen molar-refractivity contribution in [2.24, 2.45) is 0 Å². The van der Waals surface area contributed by atoms with Crippen molar-refractivity contribution >= 4 is 29.1 Å². The van der Waals surface area contributed by atoms with Crippen LogP contribution in [0.3, 0.4) is 0 Å². The molecule has 0 saturated heterocycles. The van der Waals surface area contributed by atoms with Crippen molar-refractivity contribution in [2.75, 3.05) is 44.2 Å². The van der Waals surface area contributed by atoms with Crippen LogP contribution in [0.25, 0.3) is 0 Å². The quantitative estimate of drug-likeness (QED) is 0.455. The van der Waals surface area contributed by atoms with Crippen LogP contribution >= 0.6 is 0 Å². The van der Waals surface area contributed by atoms with Gasteiger partial charge in [-0.1, -0.05) is 38.8 Å². The number of hydrogen-bond donors (Lipinski definition) is 2. The summed E-state index contributed by atoms with van der Waals surface area (Å²) in [7, 11) is 0. The van der Waals surface area contributed by atoms with E-state index >= 15 is 0 Å². The number of pyridine rings is 1. The van der Waals surface area contributed by atoms with Gasteiger partial charge in [-0.2, -0.15) is 0 Å². The first-order valence-electron chi connectivity index (χ1n) is 13.8. The molecule has 2 aromatic rings. The summed E-state index contributed by atoms with van der Waals surface area (Å²) >= 11 is 0. The lowest BCUT2D eigenvalue weighted by Crippen LogP contribution is -2.41. The minimum Gasteiger partial charge on any atom is -0.491 e. The molecule has 9 heteroatoms. The van der Waals surface area contributed by atoms with Crippen molar-refractivity contribution in [1.29, 1.82) is 0 Å².